The second kappa shape index (κ2) is 8.88. The number of benzene rings is 2. The van der Waals surface area contributed by atoms with Crippen molar-refractivity contribution in [2.24, 2.45) is 5.73 Å². The summed E-state index contributed by atoms with van der Waals surface area (Å²) in [5.41, 5.74) is 7.62. The predicted octanol–water partition coefficient (Wildman–Crippen LogP) is 4.01. The Kier molecular flexibility index (Phi) is 6.17. The first-order valence-corrected chi connectivity index (χ1v) is 12.1. The van der Waals surface area contributed by atoms with E-state index in [0.717, 1.165) is 28.5 Å². The maximum atomic E-state index is 15.0. The van der Waals surface area contributed by atoms with Crippen molar-refractivity contribution in [1.82, 2.24) is 14.8 Å². The van der Waals surface area contributed by atoms with Gasteiger partial charge >= 0.3 is 0 Å². The molecule has 0 saturated heterocycles. The van der Waals surface area contributed by atoms with Crippen LogP contribution in [0.1, 0.15) is 24.1 Å². The molecule has 0 saturated carbocycles. The van der Waals surface area contributed by atoms with Gasteiger partial charge in [-0.3, -0.25) is 9.40 Å². The standard InChI is InChI=1S/C21H17ClFN5O2S2/c1-13(16-7-3-2-5-14(16)6-4-8-24)28-18-10-17(23)19(9-15(18)11-26-28)32(29,30)27-21-25-12-20(22)31-21/h2-3,5,7,9-13H,8,24H2,1H3,(H,25,27)/t13-/m1/s1. The Bertz CT molecular complexity index is 1470. The molecule has 7 nitrogen and oxygen atoms in total. The van der Waals surface area contributed by atoms with Crippen LogP contribution >= 0.6 is 22.9 Å². The zero-order chi connectivity index (χ0) is 22.9. The lowest BCUT2D eigenvalue weighted by Gasteiger charge is -2.16. The average Bonchev–Trinajstić information content (AvgIpc) is 3.36. The summed E-state index contributed by atoms with van der Waals surface area (Å²) in [6.07, 6.45) is 2.81. The fourth-order valence-electron chi connectivity index (χ4n) is 3.29. The minimum Gasteiger partial charge on any atom is -0.320 e. The number of rotatable bonds is 5. The molecule has 3 N–H and O–H groups in total. The second-order valence-corrected chi connectivity index (χ2v) is 10.1. The van der Waals surface area contributed by atoms with Gasteiger partial charge in [0.25, 0.3) is 10.0 Å². The fourth-order valence-corrected chi connectivity index (χ4v) is 5.44. The Hall–Kier alpha value is -2.97. The maximum Gasteiger partial charge on any atom is 0.266 e. The molecule has 2 aromatic heterocycles. The normalized spacial score (nSPS) is 12.4. The van der Waals surface area contributed by atoms with Crippen LogP contribution in [0.15, 0.2) is 53.7 Å². The van der Waals surface area contributed by atoms with Crippen molar-refractivity contribution in [3.63, 3.8) is 0 Å². The molecule has 32 heavy (non-hydrogen) atoms. The summed E-state index contributed by atoms with van der Waals surface area (Å²) in [6, 6.07) is 9.67. The molecular weight excluding hydrogens is 473 g/mol. The molecule has 11 heteroatoms. The third-order valence-corrected chi connectivity index (χ3v) is 7.25. The smallest absolute Gasteiger partial charge is 0.266 e. The van der Waals surface area contributed by atoms with Crippen LogP contribution in [0.3, 0.4) is 0 Å². The van der Waals surface area contributed by atoms with Crippen molar-refractivity contribution >= 4 is 49.0 Å². The second-order valence-electron chi connectivity index (χ2n) is 6.77. The van der Waals surface area contributed by atoms with E-state index < -0.39 is 20.7 Å². The van der Waals surface area contributed by atoms with Crippen LogP contribution in [0.4, 0.5) is 9.52 Å². The third kappa shape index (κ3) is 4.33. The van der Waals surface area contributed by atoms with Gasteiger partial charge in [-0.2, -0.15) is 5.10 Å². The molecule has 2 heterocycles. The number of nitrogens with two attached hydrogens (primary N) is 1. The number of anilines is 1. The highest BCUT2D eigenvalue weighted by Crippen LogP contribution is 2.30. The number of sulfonamides is 1. The third-order valence-electron chi connectivity index (χ3n) is 4.74. The van der Waals surface area contributed by atoms with Crippen molar-refractivity contribution in [3.05, 3.63) is 70.1 Å². The molecule has 4 rings (SSSR count). The summed E-state index contributed by atoms with van der Waals surface area (Å²) >= 11 is 6.73. The quantitative estimate of drug-likeness (QED) is 0.412. The number of nitrogens with zero attached hydrogens (tertiary/aromatic N) is 3. The first-order chi connectivity index (χ1) is 15.3. The van der Waals surface area contributed by atoms with E-state index in [1.54, 1.807) is 4.68 Å². The summed E-state index contributed by atoms with van der Waals surface area (Å²) in [5, 5.41) is 4.90. The molecule has 0 radical (unpaired) electrons. The van der Waals surface area contributed by atoms with E-state index in [-0.39, 0.29) is 17.7 Å². The molecule has 4 aromatic rings. The molecular formula is C21H17ClFN5O2S2. The Morgan fingerprint density at radius 1 is 1.31 bits per heavy atom. The Morgan fingerprint density at radius 3 is 2.81 bits per heavy atom. The van der Waals surface area contributed by atoms with Crippen molar-refractivity contribution in [2.45, 2.75) is 17.9 Å². The minimum absolute atomic E-state index is 0.0500. The highest BCUT2D eigenvalue weighted by molar-refractivity contribution is 7.93. The van der Waals surface area contributed by atoms with Crippen LogP contribution in [-0.4, -0.2) is 29.7 Å². The summed E-state index contributed by atoms with van der Waals surface area (Å²) in [7, 11) is -4.21. The molecule has 2 aromatic carbocycles. The number of nitrogens with one attached hydrogen (secondary N) is 1. The van der Waals surface area contributed by atoms with Gasteiger partial charge in [-0.1, -0.05) is 53.0 Å². The molecule has 0 bridgehead atoms. The van der Waals surface area contributed by atoms with Crippen LogP contribution in [0.2, 0.25) is 4.34 Å². The van der Waals surface area contributed by atoms with Gasteiger partial charge in [0, 0.05) is 17.0 Å². The zero-order valence-electron chi connectivity index (χ0n) is 16.7. The first-order valence-electron chi connectivity index (χ1n) is 9.39. The maximum absolute atomic E-state index is 15.0. The van der Waals surface area contributed by atoms with Gasteiger partial charge < -0.3 is 5.73 Å². The summed E-state index contributed by atoms with van der Waals surface area (Å²) in [5.74, 6) is 4.97. The number of fused-ring (bicyclic) bond motifs is 1. The molecule has 0 spiro atoms. The van der Waals surface area contributed by atoms with Crippen LogP contribution in [0.5, 0.6) is 0 Å². The highest BCUT2D eigenvalue weighted by Gasteiger charge is 2.24. The lowest BCUT2D eigenvalue weighted by molar-refractivity contribution is 0.565. The van der Waals surface area contributed by atoms with Gasteiger partial charge in [-0.05, 0) is 24.6 Å². The van der Waals surface area contributed by atoms with E-state index in [2.05, 4.69) is 26.6 Å². The Labute approximate surface area is 193 Å². The lowest BCUT2D eigenvalue weighted by atomic mass is 10.0. The number of thiazole rings is 1. The Morgan fingerprint density at radius 2 is 2.09 bits per heavy atom. The van der Waals surface area contributed by atoms with Crippen LogP contribution < -0.4 is 10.5 Å². The topological polar surface area (TPSA) is 103 Å². The number of aromatic nitrogens is 3. The van der Waals surface area contributed by atoms with E-state index in [1.165, 1.54) is 18.5 Å². The highest BCUT2D eigenvalue weighted by atomic mass is 35.5. The van der Waals surface area contributed by atoms with E-state index in [0.29, 0.717) is 15.2 Å². The van der Waals surface area contributed by atoms with E-state index in [1.807, 2.05) is 31.2 Å². The molecule has 0 unspecified atom stereocenters. The molecule has 0 aliphatic heterocycles. The van der Waals surface area contributed by atoms with Gasteiger partial charge in [0.2, 0.25) is 0 Å². The van der Waals surface area contributed by atoms with Crippen molar-refractivity contribution in [2.75, 3.05) is 11.3 Å². The van der Waals surface area contributed by atoms with Crippen LogP contribution in [0, 0.1) is 17.7 Å². The van der Waals surface area contributed by atoms with Crippen molar-refractivity contribution < 1.29 is 12.8 Å². The van der Waals surface area contributed by atoms with Gasteiger partial charge in [-0.15, -0.1) is 0 Å². The SMILES string of the molecule is C[C@H](c1ccccc1C#CCN)n1ncc2cc(S(=O)(=O)Nc3ncc(Cl)s3)c(F)cc21. The molecule has 0 aliphatic rings. The average molecular weight is 490 g/mol. The van der Waals surface area contributed by atoms with E-state index >= 15 is 0 Å². The number of hydrogen-bond donors (Lipinski definition) is 2. The van der Waals surface area contributed by atoms with Gasteiger partial charge in [-0.25, -0.2) is 17.8 Å². The molecule has 164 valence electrons. The van der Waals surface area contributed by atoms with Gasteiger partial charge in [0.05, 0.1) is 30.5 Å². The summed E-state index contributed by atoms with van der Waals surface area (Å²) in [6.45, 7) is 2.14. The first kappa shape index (κ1) is 22.2. The predicted molar refractivity (Wildman–Crippen MR) is 124 cm³/mol. The molecule has 0 aliphatic carbocycles. The van der Waals surface area contributed by atoms with Gasteiger partial charge in [0.1, 0.15) is 15.0 Å². The zero-order valence-corrected chi connectivity index (χ0v) is 19.1. The molecule has 0 fully saturated rings. The lowest BCUT2D eigenvalue weighted by Crippen LogP contribution is -2.15. The Balaban J connectivity index is 1.74. The van der Waals surface area contributed by atoms with Crippen LogP contribution in [0.25, 0.3) is 10.9 Å². The number of hydrogen-bond acceptors (Lipinski definition) is 6. The molecule has 1 atom stereocenters. The summed E-state index contributed by atoms with van der Waals surface area (Å²) in [4.78, 5) is 3.35. The summed E-state index contributed by atoms with van der Waals surface area (Å²) < 4.78 is 44.5. The monoisotopic (exact) mass is 489 g/mol. The molecule has 0 amide bonds. The van der Waals surface area contributed by atoms with E-state index in [9.17, 15) is 12.8 Å². The van der Waals surface area contributed by atoms with Crippen molar-refractivity contribution in [1.29, 1.82) is 0 Å². The van der Waals surface area contributed by atoms with Crippen LogP contribution in [-0.2, 0) is 10.0 Å². The van der Waals surface area contributed by atoms with Crippen molar-refractivity contribution in [3.8, 4) is 11.8 Å². The fraction of sp³-hybridized carbons (Fsp3) is 0.143. The van der Waals surface area contributed by atoms with Gasteiger partial charge in [0.15, 0.2) is 5.13 Å². The van der Waals surface area contributed by atoms with E-state index in [4.69, 9.17) is 17.3 Å². The largest absolute Gasteiger partial charge is 0.320 e. The number of halogens is 2. The minimum atomic E-state index is -4.21.